The highest BCUT2D eigenvalue weighted by Crippen LogP contribution is 2.47. The van der Waals surface area contributed by atoms with Crippen molar-refractivity contribution in [2.24, 2.45) is 0 Å². The predicted molar refractivity (Wildman–Crippen MR) is 151 cm³/mol. The maximum Gasteiger partial charge on any atom is 0.273 e. The molecule has 0 fully saturated rings. The molecule has 3 aromatic carbocycles. The number of aromatic amines is 1. The van der Waals surface area contributed by atoms with Crippen molar-refractivity contribution in [3.63, 3.8) is 0 Å². The fraction of sp³-hybridized carbons (Fsp3) is 0.312. The third-order valence-electron chi connectivity index (χ3n) is 7.34. The number of carbonyl (C=O) groups excluding carboxylic acids is 1. The number of rotatable bonds is 10. The molecule has 1 aliphatic heterocycles. The number of halogens is 1. The van der Waals surface area contributed by atoms with Crippen molar-refractivity contribution in [2.75, 3.05) is 13.7 Å². The second-order valence-electron chi connectivity index (χ2n) is 10.3. The van der Waals surface area contributed by atoms with E-state index in [2.05, 4.69) is 17.1 Å². The van der Waals surface area contributed by atoms with Gasteiger partial charge in [-0.25, -0.2) is 4.39 Å². The number of H-pyrrole nitrogens is 1. The SMILES string of the molecule is CCCCCOc1ccc(C2c3c(-c4cc(C)cc(C)c4O)n[nH]c3C(=O)N2Cc2ccc(F)cc2)cc1OC. The molecule has 40 heavy (non-hydrogen) atoms. The molecule has 0 saturated carbocycles. The topological polar surface area (TPSA) is 87.7 Å². The molecule has 2 N–H and O–H groups in total. The number of methoxy groups -OCH3 is 1. The molecule has 0 aliphatic carbocycles. The molecule has 0 spiro atoms. The first-order valence-corrected chi connectivity index (χ1v) is 13.6. The smallest absolute Gasteiger partial charge is 0.273 e. The van der Waals surface area contributed by atoms with Gasteiger partial charge in [-0.2, -0.15) is 5.10 Å². The zero-order valence-corrected chi connectivity index (χ0v) is 23.3. The van der Waals surface area contributed by atoms with Gasteiger partial charge in [0.05, 0.1) is 19.8 Å². The second-order valence-corrected chi connectivity index (χ2v) is 10.3. The number of hydrogen-bond acceptors (Lipinski definition) is 5. The quantitative estimate of drug-likeness (QED) is 0.213. The summed E-state index contributed by atoms with van der Waals surface area (Å²) >= 11 is 0. The first-order valence-electron chi connectivity index (χ1n) is 13.6. The minimum absolute atomic E-state index is 0.122. The predicted octanol–water partition coefficient (Wildman–Crippen LogP) is 6.86. The number of hydrogen-bond donors (Lipinski definition) is 2. The number of benzene rings is 3. The van der Waals surface area contributed by atoms with Gasteiger partial charge in [0.1, 0.15) is 23.0 Å². The van der Waals surface area contributed by atoms with Crippen LogP contribution in [0.25, 0.3) is 11.3 Å². The van der Waals surface area contributed by atoms with E-state index in [1.807, 2.05) is 44.2 Å². The molecular weight excluding hydrogens is 509 g/mol. The Labute approximate surface area is 233 Å². The monoisotopic (exact) mass is 543 g/mol. The zero-order chi connectivity index (χ0) is 28.4. The fourth-order valence-corrected chi connectivity index (χ4v) is 5.35. The maximum absolute atomic E-state index is 13.8. The number of aromatic hydroxyl groups is 1. The summed E-state index contributed by atoms with van der Waals surface area (Å²) < 4.78 is 25.3. The molecule has 2 heterocycles. The van der Waals surface area contributed by atoms with Crippen molar-refractivity contribution in [1.29, 1.82) is 0 Å². The van der Waals surface area contributed by atoms with Crippen molar-refractivity contribution >= 4 is 5.91 Å². The van der Waals surface area contributed by atoms with Crippen LogP contribution in [-0.4, -0.2) is 39.8 Å². The Morgan fingerprint density at radius 2 is 1.82 bits per heavy atom. The number of phenols is 1. The summed E-state index contributed by atoms with van der Waals surface area (Å²) in [5.74, 6) is 0.754. The largest absolute Gasteiger partial charge is 0.507 e. The summed E-state index contributed by atoms with van der Waals surface area (Å²) in [5, 5.41) is 18.4. The van der Waals surface area contributed by atoms with Crippen LogP contribution in [0.15, 0.2) is 54.6 Å². The van der Waals surface area contributed by atoms with E-state index >= 15 is 0 Å². The van der Waals surface area contributed by atoms with E-state index in [9.17, 15) is 14.3 Å². The summed E-state index contributed by atoms with van der Waals surface area (Å²) in [6.45, 7) is 6.78. The molecule has 0 radical (unpaired) electrons. The molecule has 1 aromatic heterocycles. The molecule has 1 atom stereocenters. The van der Waals surface area contributed by atoms with Gasteiger partial charge in [-0.05, 0) is 72.9 Å². The fourth-order valence-electron chi connectivity index (χ4n) is 5.35. The number of unbranched alkanes of at least 4 members (excludes halogenated alkanes) is 2. The highest BCUT2D eigenvalue weighted by atomic mass is 19.1. The minimum atomic E-state index is -0.537. The Morgan fingerprint density at radius 1 is 1.05 bits per heavy atom. The molecule has 0 saturated heterocycles. The second kappa shape index (κ2) is 11.4. The van der Waals surface area contributed by atoms with E-state index in [0.29, 0.717) is 40.6 Å². The van der Waals surface area contributed by atoms with Crippen LogP contribution in [0.4, 0.5) is 4.39 Å². The van der Waals surface area contributed by atoms with Crippen molar-refractivity contribution in [1.82, 2.24) is 15.1 Å². The number of phenolic OH excluding ortho intramolecular Hbond substituents is 1. The molecule has 5 rings (SSSR count). The van der Waals surface area contributed by atoms with Crippen LogP contribution < -0.4 is 9.47 Å². The standard InChI is InChI=1S/C32H34FN3O4/c1-5-6-7-14-40-25-13-10-22(17-26(25)39-4)30-27-28(24-16-19(2)15-20(3)31(24)37)34-35-29(27)32(38)36(30)18-21-8-11-23(33)12-9-21/h8-13,15-17,30,37H,5-7,14,18H2,1-4H3,(H,34,35). The van der Waals surface area contributed by atoms with Crippen LogP contribution in [0.2, 0.25) is 0 Å². The van der Waals surface area contributed by atoms with Crippen LogP contribution in [-0.2, 0) is 6.54 Å². The summed E-state index contributed by atoms with van der Waals surface area (Å²) in [4.78, 5) is 15.5. The van der Waals surface area contributed by atoms with Gasteiger partial charge in [-0.3, -0.25) is 9.89 Å². The number of carbonyl (C=O) groups is 1. The van der Waals surface area contributed by atoms with Gasteiger partial charge in [0, 0.05) is 17.7 Å². The van der Waals surface area contributed by atoms with E-state index in [4.69, 9.17) is 9.47 Å². The van der Waals surface area contributed by atoms with Gasteiger partial charge in [0.15, 0.2) is 11.5 Å². The minimum Gasteiger partial charge on any atom is -0.507 e. The van der Waals surface area contributed by atoms with Crippen molar-refractivity contribution < 1.29 is 23.8 Å². The Kier molecular flexibility index (Phi) is 7.78. The van der Waals surface area contributed by atoms with E-state index < -0.39 is 6.04 Å². The molecule has 208 valence electrons. The molecule has 1 aliphatic rings. The van der Waals surface area contributed by atoms with Crippen molar-refractivity contribution in [3.05, 3.63) is 93.9 Å². The summed E-state index contributed by atoms with van der Waals surface area (Å²) in [5.41, 5.74) is 5.39. The molecule has 1 unspecified atom stereocenters. The third-order valence-corrected chi connectivity index (χ3v) is 7.34. The van der Waals surface area contributed by atoms with Gasteiger partial charge in [0.2, 0.25) is 0 Å². The molecule has 7 nitrogen and oxygen atoms in total. The van der Waals surface area contributed by atoms with Crippen LogP contribution in [0, 0.1) is 19.7 Å². The number of nitrogens with one attached hydrogen (secondary N) is 1. The van der Waals surface area contributed by atoms with Gasteiger partial charge in [-0.15, -0.1) is 0 Å². The summed E-state index contributed by atoms with van der Waals surface area (Å²) in [6, 6.07) is 15.0. The summed E-state index contributed by atoms with van der Waals surface area (Å²) in [7, 11) is 1.59. The highest BCUT2D eigenvalue weighted by Gasteiger charge is 2.43. The lowest BCUT2D eigenvalue weighted by molar-refractivity contribution is 0.0730. The Morgan fingerprint density at radius 3 is 2.55 bits per heavy atom. The lowest BCUT2D eigenvalue weighted by atomic mass is 9.93. The van der Waals surface area contributed by atoms with E-state index in [1.165, 1.54) is 12.1 Å². The van der Waals surface area contributed by atoms with Gasteiger partial charge < -0.3 is 19.5 Å². The van der Waals surface area contributed by atoms with Crippen LogP contribution in [0.5, 0.6) is 17.2 Å². The zero-order valence-electron chi connectivity index (χ0n) is 23.3. The number of amides is 1. The number of aryl methyl sites for hydroxylation is 2. The van der Waals surface area contributed by atoms with Crippen LogP contribution >= 0.6 is 0 Å². The van der Waals surface area contributed by atoms with Crippen molar-refractivity contribution in [3.8, 4) is 28.5 Å². The molecule has 0 bridgehead atoms. The Balaban J connectivity index is 1.61. The number of aromatic nitrogens is 2. The van der Waals surface area contributed by atoms with Gasteiger partial charge in [-0.1, -0.05) is 44.0 Å². The normalized spacial score (nSPS) is 14.5. The molecule has 4 aromatic rings. The Bertz CT molecular complexity index is 1530. The maximum atomic E-state index is 13.8. The first-order chi connectivity index (χ1) is 19.3. The van der Waals surface area contributed by atoms with Gasteiger partial charge in [0.25, 0.3) is 5.91 Å². The number of ether oxygens (including phenoxy) is 2. The van der Waals surface area contributed by atoms with Crippen LogP contribution in [0.3, 0.4) is 0 Å². The molecule has 1 amide bonds. The average molecular weight is 544 g/mol. The first kappa shape index (κ1) is 27.2. The van der Waals surface area contributed by atoms with E-state index in [-0.39, 0.29) is 24.0 Å². The van der Waals surface area contributed by atoms with E-state index in [0.717, 1.165) is 41.5 Å². The summed E-state index contributed by atoms with van der Waals surface area (Å²) in [6.07, 6.45) is 3.13. The number of nitrogens with zero attached hydrogens (tertiary/aromatic N) is 2. The molecular formula is C32H34FN3O4. The lowest BCUT2D eigenvalue weighted by Gasteiger charge is -2.27. The van der Waals surface area contributed by atoms with Crippen LogP contribution in [0.1, 0.15) is 70.5 Å². The number of fused-ring (bicyclic) bond motifs is 1. The third kappa shape index (κ3) is 5.13. The average Bonchev–Trinajstić information content (AvgIpc) is 3.48. The highest BCUT2D eigenvalue weighted by molar-refractivity contribution is 6.00. The molecule has 8 heteroatoms. The van der Waals surface area contributed by atoms with Crippen molar-refractivity contribution in [2.45, 2.75) is 52.6 Å². The van der Waals surface area contributed by atoms with Gasteiger partial charge >= 0.3 is 0 Å². The lowest BCUT2D eigenvalue weighted by Crippen LogP contribution is -2.29. The Hall–Kier alpha value is -4.33. The van der Waals surface area contributed by atoms with E-state index in [1.54, 1.807) is 24.1 Å².